The number of fused-ring (bicyclic) bond motifs is 1. The molecule has 0 radical (unpaired) electrons. The highest BCUT2D eigenvalue weighted by Gasteiger charge is 2.41. The Labute approximate surface area is 235 Å². The number of hydrogen-bond acceptors (Lipinski definition) is 7. The summed E-state index contributed by atoms with van der Waals surface area (Å²) in [6, 6.07) is 12.6. The Bertz CT molecular complexity index is 1450. The normalized spacial score (nSPS) is 15.7. The molecule has 0 aliphatic carbocycles. The van der Waals surface area contributed by atoms with Crippen LogP contribution >= 0.6 is 0 Å². The van der Waals surface area contributed by atoms with Crippen molar-refractivity contribution in [1.82, 2.24) is 25.0 Å². The molecule has 214 valence electrons. The van der Waals surface area contributed by atoms with Gasteiger partial charge in [-0.1, -0.05) is 26.0 Å². The molecule has 4 rings (SSSR count). The molecule has 1 amide bonds. The Hall–Kier alpha value is -3.84. The number of nitrogens with zero attached hydrogens (tertiary/aromatic N) is 4. The fraction of sp³-hybridized carbons (Fsp3) is 0.533. The van der Waals surface area contributed by atoms with E-state index >= 15 is 0 Å². The van der Waals surface area contributed by atoms with E-state index in [4.69, 9.17) is 9.84 Å². The number of nitrogens with one attached hydrogen (secondary N) is 3. The Morgan fingerprint density at radius 3 is 2.38 bits per heavy atom. The number of ether oxygens (including phenoxy) is 1. The first kappa shape index (κ1) is 29.2. The molecule has 1 fully saturated rings. The van der Waals surface area contributed by atoms with Gasteiger partial charge in [0.25, 0.3) is 5.56 Å². The number of aromatic amines is 1. The van der Waals surface area contributed by atoms with E-state index in [1.165, 1.54) is 0 Å². The minimum atomic E-state index is -0.671. The Morgan fingerprint density at radius 2 is 1.80 bits per heavy atom. The lowest BCUT2D eigenvalue weighted by Crippen LogP contribution is -2.49. The lowest BCUT2D eigenvalue weighted by molar-refractivity contribution is 0.0110. The van der Waals surface area contributed by atoms with Crippen LogP contribution in [0, 0.1) is 11.3 Å². The van der Waals surface area contributed by atoms with Gasteiger partial charge in [-0.25, -0.2) is 4.79 Å². The summed E-state index contributed by atoms with van der Waals surface area (Å²) in [5.74, 6) is 0.427. The number of nitriles is 1. The summed E-state index contributed by atoms with van der Waals surface area (Å²) < 4.78 is 7.37. The van der Waals surface area contributed by atoms with E-state index in [0.29, 0.717) is 48.7 Å². The molecule has 0 unspecified atom stereocenters. The van der Waals surface area contributed by atoms with Crippen LogP contribution in [0.15, 0.2) is 41.3 Å². The second kappa shape index (κ2) is 11.0. The van der Waals surface area contributed by atoms with Crippen molar-refractivity contribution < 1.29 is 9.53 Å². The molecule has 3 N–H and O–H groups in total. The van der Waals surface area contributed by atoms with Crippen molar-refractivity contribution in [3.8, 4) is 6.07 Å². The molecular weight excluding hydrogens is 506 g/mol. The molecule has 2 aromatic heterocycles. The molecule has 1 aromatic carbocycles. The third-order valence-electron chi connectivity index (χ3n) is 7.33. The summed E-state index contributed by atoms with van der Waals surface area (Å²) in [6.07, 6.45) is 2.45. The molecule has 40 heavy (non-hydrogen) atoms. The van der Waals surface area contributed by atoms with Gasteiger partial charge in [-0.2, -0.15) is 10.4 Å². The van der Waals surface area contributed by atoms with Gasteiger partial charge in [-0.3, -0.25) is 9.48 Å². The van der Waals surface area contributed by atoms with E-state index < -0.39 is 11.1 Å². The summed E-state index contributed by atoms with van der Waals surface area (Å²) in [6.45, 7) is 14.9. The van der Waals surface area contributed by atoms with Gasteiger partial charge in [0.05, 0.1) is 23.5 Å². The third kappa shape index (κ3) is 6.15. The van der Waals surface area contributed by atoms with Gasteiger partial charge in [0, 0.05) is 36.6 Å². The van der Waals surface area contributed by atoms with Crippen LogP contribution in [0.1, 0.15) is 73.3 Å². The molecular formula is C30H41N7O3. The van der Waals surface area contributed by atoms with Crippen LogP contribution in [0.25, 0.3) is 10.9 Å². The van der Waals surface area contributed by atoms with Gasteiger partial charge < -0.3 is 25.3 Å². The number of H-pyrrole nitrogens is 1. The first-order valence-corrected chi connectivity index (χ1v) is 13.9. The maximum absolute atomic E-state index is 13.0. The predicted molar refractivity (Wildman–Crippen MR) is 157 cm³/mol. The maximum atomic E-state index is 13.0. The van der Waals surface area contributed by atoms with E-state index in [0.717, 1.165) is 11.3 Å². The van der Waals surface area contributed by atoms with Gasteiger partial charge in [0.1, 0.15) is 11.0 Å². The molecule has 3 aromatic rings. The van der Waals surface area contributed by atoms with Crippen molar-refractivity contribution in [2.45, 2.75) is 90.4 Å². The molecule has 1 aliphatic rings. The summed E-state index contributed by atoms with van der Waals surface area (Å²) in [7, 11) is 0. The van der Waals surface area contributed by atoms with Crippen molar-refractivity contribution in [2.75, 3.05) is 18.4 Å². The third-order valence-corrected chi connectivity index (χ3v) is 7.33. The number of amides is 1. The van der Waals surface area contributed by atoms with E-state index in [9.17, 15) is 14.9 Å². The molecule has 1 saturated heterocycles. The molecule has 0 atom stereocenters. The van der Waals surface area contributed by atoms with Crippen molar-refractivity contribution in [3.63, 3.8) is 0 Å². The van der Waals surface area contributed by atoms with Crippen molar-refractivity contribution in [1.29, 1.82) is 5.26 Å². The lowest BCUT2D eigenvalue weighted by atomic mass is 9.85. The van der Waals surface area contributed by atoms with Crippen LogP contribution in [0.5, 0.6) is 0 Å². The molecule has 0 spiro atoms. The molecule has 0 saturated carbocycles. The number of pyridine rings is 1. The van der Waals surface area contributed by atoms with Crippen molar-refractivity contribution in [3.05, 3.63) is 52.4 Å². The van der Waals surface area contributed by atoms with Crippen LogP contribution in [0.4, 0.5) is 16.3 Å². The Balaban J connectivity index is 1.66. The van der Waals surface area contributed by atoms with Crippen LogP contribution in [0.2, 0.25) is 0 Å². The molecule has 3 heterocycles. The second-order valence-corrected chi connectivity index (χ2v) is 12.5. The fourth-order valence-electron chi connectivity index (χ4n) is 5.48. The first-order chi connectivity index (χ1) is 18.7. The smallest absolute Gasteiger partial charge is 0.410 e. The summed E-state index contributed by atoms with van der Waals surface area (Å²) in [5.41, 5.74) is 0.870. The minimum absolute atomic E-state index is 0.198. The van der Waals surface area contributed by atoms with Gasteiger partial charge >= 0.3 is 6.09 Å². The molecule has 10 heteroatoms. The topological polar surface area (TPSA) is 128 Å². The standard InChI is InChI=1S/C30H41N7O3/c1-20(2)34-29(6,7)21-8-10-22(11-9-21)33-25-24-23(12-17-32-26(24)38)37(35-25)30(13-16-31)14-18-36(19-15-30)27(39)40-28(3,4)5/h8-12,17,20,34H,13-15,18-19H2,1-7H3,(H,32,38)(H,33,35). The fourth-order valence-corrected chi connectivity index (χ4v) is 5.48. The summed E-state index contributed by atoms with van der Waals surface area (Å²) in [4.78, 5) is 30.1. The van der Waals surface area contributed by atoms with Crippen LogP contribution in [-0.4, -0.2) is 50.5 Å². The number of carbonyl (C=O) groups excluding carboxylic acids is 1. The largest absolute Gasteiger partial charge is 0.444 e. The predicted octanol–water partition coefficient (Wildman–Crippen LogP) is 5.34. The van der Waals surface area contributed by atoms with E-state index in [1.54, 1.807) is 11.1 Å². The average Bonchev–Trinajstić information content (AvgIpc) is 3.23. The number of carbonyl (C=O) groups is 1. The van der Waals surface area contributed by atoms with Crippen molar-refractivity contribution >= 4 is 28.5 Å². The van der Waals surface area contributed by atoms with Gasteiger partial charge in [-0.05, 0) is 71.2 Å². The Kier molecular flexibility index (Phi) is 7.99. The van der Waals surface area contributed by atoms with Gasteiger partial charge in [0.2, 0.25) is 0 Å². The van der Waals surface area contributed by atoms with Gasteiger partial charge in [0.15, 0.2) is 5.82 Å². The van der Waals surface area contributed by atoms with E-state index in [-0.39, 0.29) is 23.6 Å². The SMILES string of the molecule is CC(C)NC(C)(C)c1ccc(Nc2nn(C3(CC#N)CCN(C(=O)OC(C)(C)C)CC3)c3cc[nH]c(=O)c23)cc1. The highest BCUT2D eigenvalue weighted by Crippen LogP contribution is 2.38. The zero-order valence-electron chi connectivity index (χ0n) is 24.6. The van der Waals surface area contributed by atoms with Crippen molar-refractivity contribution in [2.24, 2.45) is 0 Å². The van der Waals surface area contributed by atoms with Crippen LogP contribution in [-0.2, 0) is 15.8 Å². The number of aromatic nitrogens is 3. The quantitative estimate of drug-likeness (QED) is 0.364. The minimum Gasteiger partial charge on any atom is -0.444 e. The zero-order chi connectivity index (χ0) is 29.3. The zero-order valence-corrected chi connectivity index (χ0v) is 24.6. The Morgan fingerprint density at radius 1 is 1.15 bits per heavy atom. The summed E-state index contributed by atoms with van der Waals surface area (Å²) in [5, 5.41) is 22.0. The summed E-state index contributed by atoms with van der Waals surface area (Å²) >= 11 is 0. The molecule has 0 bridgehead atoms. The average molecular weight is 548 g/mol. The van der Waals surface area contributed by atoms with Crippen LogP contribution < -0.4 is 16.2 Å². The van der Waals surface area contributed by atoms with E-state index in [2.05, 4.69) is 61.5 Å². The number of hydrogen-bond donors (Lipinski definition) is 3. The highest BCUT2D eigenvalue weighted by atomic mass is 16.6. The second-order valence-electron chi connectivity index (χ2n) is 12.5. The lowest BCUT2D eigenvalue weighted by Gasteiger charge is -2.41. The van der Waals surface area contributed by atoms with Gasteiger partial charge in [-0.15, -0.1) is 0 Å². The number of piperidine rings is 1. The molecule has 10 nitrogen and oxygen atoms in total. The number of anilines is 2. The number of benzene rings is 1. The van der Waals surface area contributed by atoms with Crippen LogP contribution in [0.3, 0.4) is 0 Å². The first-order valence-electron chi connectivity index (χ1n) is 13.9. The number of likely N-dealkylation sites (tertiary alicyclic amines) is 1. The number of rotatable bonds is 7. The monoisotopic (exact) mass is 547 g/mol. The van der Waals surface area contributed by atoms with E-state index in [1.807, 2.05) is 43.7 Å². The molecule has 1 aliphatic heterocycles. The maximum Gasteiger partial charge on any atom is 0.410 e. The highest BCUT2D eigenvalue weighted by molar-refractivity contribution is 5.91.